The van der Waals surface area contributed by atoms with Gasteiger partial charge in [-0.1, -0.05) is 23.7 Å². The maximum atomic E-state index is 6.23. The second kappa shape index (κ2) is 5.04. The summed E-state index contributed by atoms with van der Waals surface area (Å²) in [7, 11) is 0. The van der Waals surface area contributed by atoms with Gasteiger partial charge in [0.05, 0.1) is 10.6 Å². The van der Waals surface area contributed by atoms with Gasteiger partial charge in [0, 0.05) is 18.1 Å². The summed E-state index contributed by atoms with van der Waals surface area (Å²) >= 11 is 6.23. The molecule has 0 N–H and O–H groups in total. The van der Waals surface area contributed by atoms with Gasteiger partial charge in [0.2, 0.25) is 5.89 Å². The summed E-state index contributed by atoms with van der Waals surface area (Å²) in [6.07, 6.45) is 4.02. The highest BCUT2D eigenvalue weighted by molar-refractivity contribution is 6.33. The molecule has 0 saturated heterocycles. The third-order valence-electron chi connectivity index (χ3n) is 3.67. The van der Waals surface area contributed by atoms with Crippen molar-refractivity contribution in [1.82, 2.24) is 9.55 Å². The number of aryl methyl sites for hydroxylation is 1. The van der Waals surface area contributed by atoms with E-state index in [-0.39, 0.29) is 0 Å². The smallest absolute Gasteiger partial charge is 0.228 e. The minimum Gasteiger partial charge on any atom is -0.436 e. The zero-order valence-electron chi connectivity index (χ0n) is 12.0. The van der Waals surface area contributed by atoms with Crippen LogP contribution in [0.1, 0.15) is 5.56 Å². The molecule has 0 radical (unpaired) electrons. The Bertz CT molecular complexity index is 955. The molecule has 4 heteroatoms. The van der Waals surface area contributed by atoms with Gasteiger partial charge in [-0.05, 0) is 48.9 Å². The molecular weight excluding hydrogens is 296 g/mol. The molecule has 22 heavy (non-hydrogen) atoms. The van der Waals surface area contributed by atoms with Crippen LogP contribution in [-0.4, -0.2) is 9.55 Å². The second-order valence-electron chi connectivity index (χ2n) is 5.20. The SMILES string of the molecule is Cc1cc(-n2cccc2)cc2nc(-c3ccccc3Cl)oc12. The maximum absolute atomic E-state index is 6.23. The Balaban J connectivity index is 1.91. The lowest BCUT2D eigenvalue weighted by Gasteiger charge is -2.03. The van der Waals surface area contributed by atoms with E-state index in [4.69, 9.17) is 16.0 Å². The fourth-order valence-electron chi connectivity index (χ4n) is 2.59. The van der Waals surface area contributed by atoms with Crippen molar-refractivity contribution in [1.29, 1.82) is 0 Å². The molecule has 108 valence electrons. The van der Waals surface area contributed by atoms with Gasteiger partial charge in [-0.3, -0.25) is 0 Å². The Kier molecular flexibility index (Phi) is 3.01. The highest BCUT2D eigenvalue weighted by Gasteiger charge is 2.13. The van der Waals surface area contributed by atoms with E-state index in [0.717, 1.165) is 27.9 Å². The first-order chi connectivity index (χ1) is 10.7. The average Bonchev–Trinajstić information content (AvgIpc) is 3.17. The number of benzene rings is 2. The Morgan fingerprint density at radius 1 is 1.05 bits per heavy atom. The molecule has 4 rings (SSSR count). The molecule has 0 saturated carbocycles. The Morgan fingerprint density at radius 2 is 1.82 bits per heavy atom. The fraction of sp³-hybridized carbons (Fsp3) is 0.0556. The van der Waals surface area contributed by atoms with Gasteiger partial charge in [0.1, 0.15) is 5.52 Å². The van der Waals surface area contributed by atoms with Gasteiger partial charge < -0.3 is 8.98 Å². The first kappa shape index (κ1) is 13.2. The number of oxazole rings is 1. The van der Waals surface area contributed by atoms with Gasteiger partial charge in [-0.2, -0.15) is 0 Å². The van der Waals surface area contributed by atoms with E-state index in [2.05, 4.69) is 15.6 Å². The lowest BCUT2D eigenvalue weighted by atomic mass is 10.2. The van der Waals surface area contributed by atoms with Crippen molar-refractivity contribution in [3.05, 3.63) is 71.5 Å². The van der Waals surface area contributed by atoms with Crippen LogP contribution in [0.25, 0.3) is 28.2 Å². The average molecular weight is 309 g/mol. The third-order valence-corrected chi connectivity index (χ3v) is 4.00. The summed E-state index contributed by atoms with van der Waals surface area (Å²) in [4.78, 5) is 4.61. The normalized spacial score (nSPS) is 11.2. The molecule has 2 aromatic carbocycles. The molecule has 0 atom stereocenters. The number of hydrogen-bond donors (Lipinski definition) is 0. The van der Waals surface area contributed by atoms with Crippen LogP contribution in [0.5, 0.6) is 0 Å². The number of rotatable bonds is 2. The first-order valence-corrected chi connectivity index (χ1v) is 7.39. The molecule has 0 aliphatic carbocycles. The number of halogens is 1. The summed E-state index contributed by atoms with van der Waals surface area (Å²) in [6, 6.07) is 15.7. The Morgan fingerprint density at radius 3 is 2.59 bits per heavy atom. The van der Waals surface area contributed by atoms with E-state index in [1.54, 1.807) is 0 Å². The second-order valence-corrected chi connectivity index (χ2v) is 5.61. The van der Waals surface area contributed by atoms with Crippen molar-refractivity contribution in [2.45, 2.75) is 6.92 Å². The molecular formula is C18H13ClN2O. The summed E-state index contributed by atoms with van der Waals surface area (Å²) in [5, 5.41) is 0.636. The molecule has 0 spiro atoms. The predicted molar refractivity (Wildman–Crippen MR) is 88.5 cm³/mol. The van der Waals surface area contributed by atoms with E-state index >= 15 is 0 Å². The van der Waals surface area contributed by atoms with Crippen molar-refractivity contribution in [2.24, 2.45) is 0 Å². The van der Waals surface area contributed by atoms with Gasteiger partial charge in [-0.15, -0.1) is 0 Å². The minimum atomic E-state index is 0.549. The standard InChI is InChI=1S/C18H13ClN2O/c1-12-10-13(21-8-4-5-9-21)11-16-17(12)22-18(20-16)14-6-2-3-7-15(14)19/h2-11H,1H3. The van der Waals surface area contributed by atoms with E-state index in [1.165, 1.54) is 0 Å². The monoisotopic (exact) mass is 308 g/mol. The minimum absolute atomic E-state index is 0.549. The summed E-state index contributed by atoms with van der Waals surface area (Å²) < 4.78 is 7.99. The molecule has 0 unspecified atom stereocenters. The van der Waals surface area contributed by atoms with Crippen LogP contribution in [0.4, 0.5) is 0 Å². The number of aromatic nitrogens is 2. The summed E-state index contributed by atoms with van der Waals surface area (Å²) in [5.74, 6) is 0.549. The molecule has 0 bridgehead atoms. The summed E-state index contributed by atoms with van der Waals surface area (Å²) in [5.41, 5.74) is 4.55. The zero-order chi connectivity index (χ0) is 15.1. The van der Waals surface area contributed by atoms with Crippen molar-refractivity contribution in [3.8, 4) is 17.1 Å². The highest BCUT2D eigenvalue weighted by atomic mass is 35.5. The van der Waals surface area contributed by atoms with Crippen LogP contribution < -0.4 is 0 Å². The lowest BCUT2D eigenvalue weighted by Crippen LogP contribution is -1.90. The molecule has 3 nitrogen and oxygen atoms in total. The summed E-state index contributed by atoms with van der Waals surface area (Å²) in [6.45, 7) is 2.02. The van der Waals surface area contributed by atoms with Crippen LogP contribution >= 0.6 is 11.6 Å². The van der Waals surface area contributed by atoms with Crippen molar-refractivity contribution < 1.29 is 4.42 Å². The quantitative estimate of drug-likeness (QED) is 0.506. The molecule has 0 amide bonds. The van der Waals surface area contributed by atoms with Crippen LogP contribution in [0.3, 0.4) is 0 Å². The zero-order valence-corrected chi connectivity index (χ0v) is 12.7. The predicted octanol–water partition coefficient (Wildman–Crippen LogP) is 5.25. The van der Waals surface area contributed by atoms with E-state index in [1.807, 2.05) is 61.8 Å². The van der Waals surface area contributed by atoms with Crippen LogP contribution in [0, 0.1) is 6.92 Å². The van der Waals surface area contributed by atoms with E-state index < -0.39 is 0 Å². The molecule has 0 aliphatic rings. The maximum Gasteiger partial charge on any atom is 0.228 e. The van der Waals surface area contributed by atoms with Crippen LogP contribution in [0.15, 0.2) is 65.3 Å². The van der Waals surface area contributed by atoms with E-state index in [0.29, 0.717) is 10.9 Å². The topological polar surface area (TPSA) is 31.0 Å². The van der Waals surface area contributed by atoms with Crippen molar-refractivity contribution in [2.75, 3.05) is 0 Å². The number of nitrogens with zero attached hydrogens (tertiary/aromatic N) is 2. The fourth-order valence-corrected chi connectivity index (χ4v) is 2.80. The van der Waals surface area contributed by atoms with Gasteiger partial charge in [0.25, 0.3) is 0 Å². The van der Waals surface area contributed by atoms with Crippen LogP contribution in [-0.2, 0) is 0 Å². The third kappa shape index (κ3) is 2.11. The largest absolute Gasteiger partial charge is 0.436 e. The van der Waals surface area contributed by atoms with E-state index in [9.17, 15) is 0 Å². The Labute approximate surface area is 132 Å². The van der Waals surface area contributed by atoms with Crippen LogP contribution in [0.2, 0.25) is 5.02 Å². The molecule has 2 heterocycles. The molecule has 2 aromatic heterocycles. The number of fused-ring (bicyclic) bond motifs is 1. The first-order valence-electron chi connectivity index (χ1n) is 7.02. The highest BCUT2D eigenvalue weighted by Crippen LogP contribution is 2.32. The number of hydrogen-bond acceptors (Lipinski definition) is 2. The molecule has 4 aromatic rings. The van der Waals surface area contributed by atoms with Gasteiger partial charge in [0.15, 0.2) is 5.58 Å². The Hall–Kier alpha value is -2.52. The van der Waals surface area contributed by atoms with Gasteiger partial charge >= 0.3 is 0 Å². The van der Waals surface area contributed by atoms with Gasteiger partial charge in [-0.25, -0.2) is 4.98 Å². The van der Waals surface area contributed by atoms with Crippen molar-refractivity contribution >= 4 is 22.7 Å². The molecule has 0 aliphatic heterocycles. The lowest BCUT2D eigenvalue weighted by molar-refractivity contribution is 0.617. The molecule has 0 fully saturated rings. The van der Waals surface area contributed by atoms with Crippen molar-refractivity contribution in [3.63, 3.8) is 0 Å².